The molecule has 0 saturated carbocycles. The fourth-order valence-electron chi connectivity index (χ4n) is 7.14. The summed E-state index contributed by atoms with van der Waals surface area (Å²) in [6.07, 6.45) is 10.4. The number of hydrogen-bond acceptors (Lipinski definition) is 10. The van der Waals surface area contributed by atoms with E-state index in [0.717, 1.165) is 16.7 Å². The second kappa shape index (κ2) is 22.3. The van der Waals surface area contributed by atoms with Crippen molar-refractivity contribution in [2.45, 2.75) is 78.6 Å². The van der Waals surface area contributed by atoms with Crippen LogP contribution in [0.15, 0.2) is 125 Å². The zero-order valence-corrected chi connectivity index (χ0v) is 41.1. The average molecular weight is 1020 g/mol. The van der Waals surface area contributed by atoms with Gasteiger partial charge in [0.25, 0.3) is 0 Å². The van der Waals surface area contributed by atoms with Gasteiger partial charge in [0.2, 0.25) is 0 Å². The van der Waals surface area contributed by atoms with E-state index in [1.165, 1.54) is 0 Å². The van der Waals surface area contributed by atoms with Crippen molar-refractivity contribution >= 4 is 18.6 Å². The second-order valence-electron chi connectivity index (χ2n) is 19.2. The van der Waals surface area contributed by atoms with E-state index in [1.54, 1.807) is 37.2 Å². The Morgan fingerprint density at radius 3 is 0.954 bits per heavy atom. The van der Waals surface area contributed by atoms with Gasteiger partial charge in [-0.2, -0.15) is 0 Å². The van der Waals surface area contributed by atoms with Crippen LogP contribution in [0.25, 0.3) is 33.8 Å². The summed E-state index contributed by atoms with van der Waals surface area (Å²) in [6, 6.07) is 29.0. The fraction of sp³-hybridized carbons (Fsp3) is 0.333. The van der Waals surface area contributed by atoms with Gasteiger partial charge in [0.15, 0.2) is 0 Å². The Bertz CT molecular complexity index is 2310. The topological polar surface area (TPSA) is 140 Å². The third-order valence-electron chi connectivity index (χ3n) is 11.2. The smallest absolute Gasteiger partial charge is 0.133 e. The Morgan fingerprint density at radius 2 is 0.723 bits per heavy atom. The Kier molecular flexibility index (Phi) is 17.4. The molecule has 0 aliphatic carbocycles. The molecule has 11 heteroatoms. The molecular formula is C54H63HoN7O3. The number of phenols is 3. The summed E-state index contributed by atoms with van der Waals surface area (Å²) in [5.74, 6) is 0.433. The molecule has 6 aromatic rings. The molecule has 0 atom stereocenters. The van der Waals surface area contributed by atoms with Crippen LogP contribution in [0.2, 0.25) is 0 Å². The molecule has 343 valence electrons. The predicted molar refractivity (Wildman–Crippen MR) is 264 cm³/mol. The summed E-state index contributed by atoms with van der Waals surface area (Å²) in [6.45, 7) is 22.6. The van der Waals surface area contributed by atoms with Crippen molar-refractivity contribution in [2.75, 3.05) is 39.3 Å². The number of nitrogens with zero attached hydrogens (tertiary/aromatic N) is 7. The minimum atomic E-state index is -0.159. The van der Waals surface area contributed by atoms with E-state index in [4.69, 9.17) is 15.0 Å². The Hall–Kier alpha value is -5.26. The standard InChI is InChI=1S/C54H63N7O3.Ho/c1-52(2,3)40-28-37(49(62)43(31-40)46-16-10-13-19-58-46)34-55-22-25-61(26-23-56-35-38-29-41(53(4,5)6)32-44(50(38)63)47-17-11-14-20-59-47)27-24-57-36-39-30-42(54(7,8)9)33-45(51(39)64)48-18-12-15-21-60-48;/h10-21,28-36,62-64H,22-27H2,1-9H3;. The zero-order valence-electron chi connectivity index (χ0n) is 39.1. The Morgan fingerprint density at radius 1 is 0.446 bits per heavy atom. The van der Waals surface area contributed by atoms with Crippen molar-refractivity contribution in [2.24, 2.45) is 15.0 Å². The summed E-state index contributed by atoms with van der Waals surface area (Å²) in [5.41, 5.74) is 8.76. The van der Waals surface area contributed by atoms with Gasteiger partial charge in [-0.25, -0.2) is 0 Å². The zero-order chi connectivity index (χ0) is 46.1. The molecule has 6 rings (SSSR count). The van der Waals surface area contributed by atoms with Gasteiger partial charge in [-0.15, -0.1) is 0 Å². The largest absolute Gasteiger partial charge is 0.507 e. The molecule has 3 heterocycles. The number of aromatic nitrogens is 3. The van der Waals surface area contributed by atoms with Crippen LogP contribution in [0, 0.1) is 37.7 Å². The number of hydrogen-bond donors (Lipinski definition) is 3. The third-order valence-corrected chi connectivity index (χ3v) is 11.2. The van der Waals surface area contributed by atoms with E-state index in [9.17, 15) is 15.3 Å². The number of pyridine rings is 3. The number of phenolic OH excluding ortho intramolecular Hbond substituents is 3. The monoisotopic (exact) mass is 1020 g/mol. The van der Waals surface area contributed by atoms with Crippen LogP contribution in [-0.2, 0) is 16.2 Å². The summed E-state index contributed by atoms with van der Waals surface area (Å²) in [7, 11) is 0. The number of benzene rings is 3. The molecule has 0 fully saturated rings. The van der Waals surface area contributed by atoms with Gasteiger partial charge in [-0.3, -0.25) is 34.8 Å². The minimum Gasteiger partial charge on any atom is -0.507 e. The molecule has 3 N–H and O–H groups in total. The summed E-state index contributed by atoms with van der Waals surface area (Å²) in [5, 5.41) is 34.3. The predicted octanol–water partition coefficient (Wildman–Crippen LogP) is 10.8. The van der Waals surface area contributed by atoms with E-state index in [1.807, 2.05) is 91.0 Å². The van der Waals surface area contributed by atoms with Crippen LogP contribution in [0.4, 0.5) is 0 Å². The summed E-state index contributed by atoms with van der Waals surface area (Å²) in [4.78, 5) is 30.2. The van der Waals surface area contributed by atoms with E-state index < -0.39 is 0 Å². The summed E-state index contributed by atoms with van der Waals surface area (Å²) >= 11 is 0. The van der Waals surface area contributed by atoms with Crippen LogP contribution in [-0.4, -0.2) is 93.1 Å². The molecule has 0 amide bonds. The van der Waals surface area contributed by atoms with Crippen molar-refractivity contribution in [3.63, 3.8) is 0 Å². The van der Waals surface area contributed by atoms with Crippen molar-refractivity contribution in [3.05, 3.63) is 143 Å². The maximum absolute atomic E-state index is 11.4. The average Bonchev–Trinajstić information content (AvgIpc) is 3.26. The van der Waals surface area contributed by atoms with Gasteiger partial charge in [0, 0.05) is 128 Å². The van der Waals surface area contributed by atoms with Crippen molar-refractivity contribution in [1.82, 2.24) is 19.9 Å². The number of aromatic hydroxyl groups is 3. The molecule has 0 aliphatic heterocycles. The molecule has 0 saturated heterocycles. The first-order chi connectivity index (χ1) is 30.4. The van der Waals surface area contributed by atoms with E-state index in [0.29, 0.717) is 89.7 Å². The molecular weight excluding hydrogens is 960 g/mol. The molecule has 3 aromatic carbocycles. The molecule has 0 bridgehead atoms. The third kappa shape index (κ3) is 13.6. The fourth-order valence-corrected chi connectivity index (χ4v) is 7.14. The van der Waals surface area contributed by atoms with Crippen molar-refractivity contribution in [3.8, 4) is 51.0 Å². The van der Waals surface area contributed by atoms with Crippen LogP contribution in [0.5, 0.6) is 17.2 Å². The van der Waals surface area contributed by atoms with Gasteiger partial charge >= 0.3 is 0 Å². The SMILES string of the molecule is CC(C)(C)c1cc(C=NCCN(CCN=Cc2cc(C(C)(C)C)cc(-c3ccccn3)c2O)CCN=Cc2cc(C(C)(C)C)cc(-c3ccccn3)c2O)c(O)c(-c2ccccn2)c1.[Ho]. The Labute approximate surface area is 415 Å². The van der Waals surface area contributed by atoms with E-state index >= 15 is 0 Å². The van der Waals surface area contributed by atoms with E-state index in [-0.39, 0.29) is 71.2 Å². The van der Waals surface area contributed by atoms with Gasteiger partial charge in [-0.1, -0.05) is 80.5 Å². The first-order valence-electron chi connectivity index (χ1n) is 22.0. The maximum atomic E-state index is 11.4. The van der Waals surface area contributed by atoms with Crippen molar-refractivity contribution in [1.29, 1.82) is 0 Å². The molecule has 1 radical (unpaired) electrons. The Balaban J connectivity index is 0.00000793. The molecule has 0 spiro atoms. The van der Waals surface area contributed by atoms with Crippen LogP contribution >= 0.6 is 0 Å². The molecule has 0 unspecified atom stereocenters. The van der Waals surface area contributed by atoms with Gasteiger partial charge in [0.05, 0.1) is 36.7 Å². The quantitative estimate of drug-likeness (QED) is 0.0687. The maximum Gasteiger partial charge on any atom is 0.133 e. The van der Waals surface area contributed by atoms with Crippen LogP contribution in [0.1, 0.15) is 95.7 Å². The molecule has 0 aliphatic rings. The van der Waals surface area contributed by atoms with Gasteiger partial charge in [0.1, 0.15) is 17.2 Å². The van der Waals surface area contributed by atoms with Gasteiger partial charge in [-0.05, 0) is 106 Å². The number of rotatable bonds is 15. The first kappa shape index (κ1) is 50.7. The van der Waals surface area contributed by atoms with Crippen LogP contribution < -0.4 is 0 Å². The first-order valence-corrected chi connectivity index (χ1v) is 22.0. The van der Waals surface area contributed by atoms with Gasteiger partial charge < -0.3 is 15.3 Å². The minimum absolute atomic E-state index is 0. The number of aliphatic imine (C=N–C) groups is 3. The van der Waals surface area contributed by atoms with Crippen molar-refractivity contribution < 1.29 is 53.1 Å². The molecule has 10 nitrogen and oxygen atoms in total. The van der Waals surface area contributed by atoms with Crippen LogP contribution in [0.3, 0.4) is 0 Å². The molecule has 65 heavy (non-hydrogen) atoms. The summed E-state index contributed by atoms with van der Waals surface area (Å²) < 4.78 is 0. The second-order valence-corrected chi connectivity index (χ2v) is 19.2. The van der Waals surface area contributed by atoms with E-state index in [2.05, 4.69) is 82.2 Å². The molecule has 3 aromatic heterocycles. The normalized spacial score (nSPS) is 12.5.